The predicted molar refractivity (Wildman–Crippen MR) is 52.6 cm³/mol. The van der Waals surface area contributed by atoms with E-state index in [-0.39, 0.29) is 0 Å². The van der Waals surface area contributed by atoms with Gasteiger partial charge in [0.2, 0.25) is 0 Å². The van der Waals surface area contributed by atoms with Crippen LogP contribution in [-0.2, 0) is 0 Å². The molecule has 0 N–H and O–H groups in total. The van der Waals surface area contributed by atoms with Gasteiger partial charge in [-0.25, -0.2) is 0 Å². The van der Waals surface area contributed by atoms with Gasteiger partial charge in [0.1, 0.15) is 0 Å². The summed E-state index contributed by atoms with van der Waals surface area (Å²) in [5.41, 5.74) is 2.73. The van der Waals surface area contributed by atoms with Gasteiger partial charge in [0, 0.05) is 18.8 Å². The predicted octanol–water partition coefficient (Wildman–Crippen LogP) is 2.60. The molecule has 2 rings (SSSR count). The Hall–Kier alpha value is -0.980. The third kappa shape index (κ3) is 1.45. The maximum atomic E-state index is 2.46. The lowest BCUT2D eigenvalue weighted by Crippen LogP contribution is -2.17. The van der Waals surface area contributed by atoms with Crippen molar-refractivity contribution in [1.82, 2.24) is 0 Å². The SMILES string of the molecule is Cc1ccc(N2CCCC2)cc1. The van der Waals surface area contributed by atoms with Crippen LogP contribution in [-0.4, -0.2) is 13.1 Å². The van der Waals surface area contributed by atoms with Crippen molar-refractivity contribution in [1.29, 1.82) is 0 Å². The second kappa shape index (κ2) is 3.18. The van der Waals surface area contributed by atoms with Crippen molar-refractivity contribution in [3.8, 4) is 0 Å². The number of hydrogen-bond acceptors (Lipinski definition) is 1. The number of aryl methyl sites for hydroxylation is 1. The second-order valence-electron chi connectivity index (χ2n) is 3.53. The van der Waals surface area contributed by atoms with Crippen molar-refractivity contribution in [2.75, 3.05) is 18.0 Å². The summed E-state index contributed by atoms with van der Waals surface area (Å²) in [5.74, 6) is 0. The molecule has 0 saturated carbocycles. The number of nitrogens with zero attached hydrogens (tertiary/aromatic N) is 1. The Balaban J connectivity index is 2.17. The van der Waals surface area contributed by atoms with Crippen LogP contribution in [0, 0.1) is 6.92 Å². The standard InChI is InChI=1S/C11H15N/c1-10-4-6-11(7-5-10)12-8-2-3-9-12/h4-7H,2-3,8-9H2,1H3. The first kappa shape index (κ1) is 7.66. The summed E-state index contributed by atoms with van der Waals surface area (Å²) < 4.78 is 0. The molecule has 0 spiro atoms. The summed E-state index contributed by atoms with van der Waals surface area (Å²) >= 11 is 0. The highest BCUT2D eigenvalue weighted by atomic mass is 15.1. The van der Waals surface area contributed by atoms with Crippen LogP contribution < -0.4 is 4.90 Å². The normalized spacial score (nSPS) is 16.9. The Morgan fingerprint density at radius 3 is 2.17 bits per heavy atom. The van der Waals surface area contributed by atoms with E-state index in [2.05, 4.69) is 36.1 Å². The first-order chi connectivity index (χ1) is 5.86. The van der Waals surface area contributed by atoms with Crippen LogP contribution >= 0.6 is 0 Å². The van der Waals surface area contributed by atoms with E-state index in [1.165, 1.54) is 37.2 Å². The number of benzene rings is 1. The average Bonchev–Trinajstić information content (AvgIpc) is 2.58. The topological polar surface area (TPSA) is 3.24 Å². The molecule has 64 valence electrons. The number of hydrogen-bond donors (Lipinski definition) is 0. The summed E-state index contributed by atoms with van der Waals surface area (Å²) in [4.78, 5) is 2.46. The van der Waals surface area contributed by atoms with Gasteiger partial charge in [-0.1, -0.05) is 17.7 Å². The molecule has 1 heteroatoms. The Kier molecular flexibility index (Phi) is 2.03. The van der Waals surface area contributed by atoms with Crippen molar-refractivity contribution in [2.45, 2.75) is 19.8 Å². The van der Waals surface area contributed by atoms with Gasteiger partial charge >= 0.3 is 0 Å². The average molecular weight is 161 g/mol. The third-order valence-corrected chi connectivity index (χ3v) is 2.51. The van der Waals surface area contributed by atoms with Crippen LogP contribution in [0.1, 0.15) is 18.4 Å². The maximum absolute atomic E-state index is 2.46. The van der Waals surface area contributed by atoms with Crippen LogP contribution in [0.4, 0.5) is 5.69 Å². The minimum absolute atomic E-state index is 1.24. The maximum Gasteiger partial charge on any atom is 0.0366 e. The van der Waals surface area contributed by atoms with Crippen LogP contribution in [0.25, 0.3) is 0 Å². The first-order valence-corrected chi connectivity index (χ1v) is 4.68. The molecule has 1 aliphatic rings. The fourth-order valence-corrected chi connectivity index (χ4v) is 1.73. The summed E-state index contributed by atoms with van der Waals surface area (Å²) in [7, 11) is 0. The van der Waals surface area contributed by atoms with Crippen molar-refractivity contribution < 1.29 is 0 Å². The van der Waals surface area contributed by atoms with Gasteiger partial charge in [-0.2, -0.15) is 0 Å². The second-order valence-corrected chi connectivity index (χ2v) is 3.53. The van der Waals surface area contributed by atoms with Gasteiger partial charge in [-0.05, 0) is 31.9 Å². The van der Waals surface area contributed by atoms with E-state index < -0.39 is 0 Å². The van der Waals surface area contributed by atoms with E-state index in [0.717, 1.165) is 0 Å². The minimum Gasteiger partial charge on any atom is -0.372 e. The van der Waals surface area contributed by atoms with E-state index >= 15 is 0 Å². The smallest absolute Gasteiger partial charge is 0.0366 e. The molecule has 1 heterocycles. The molecule has 1 aromatic rings. The molecular formula is C11H15N. The summed E-state index contributed by atoms with van der Waals surface area (Å²) in [6.07, 6.45) is 2.71. The molecule has 12 heavy (non-hydrogen) atoms. The zero-order valence-corrected chi connectivity index (χ0v) is 7.59. The molecule has 1 aromatic carbocycles. The lowest BCUT2D eigenvalue weighted by Gasteiger charge is -2.17. The van der Waals surface area contributed by atoms with Crippen LogP contribution in [0.3, 0.4) is 0 Å². The molecule has 0 aromatic heterocycles. The van der Waals surface area contributed by atoms with Crippen molar-refractivity contribution in [3.05, 3.63) is 29.8 Å². The third-order valence-electron chi connectivity index (χ3n) is 2.51. The van der Waals surface area contributed by atoms with Crippen molar-refractivity contribution in [2.24, 2.45) is 0 Å². The molecule has 1 saturated heterocycles. The molecule has 0 aliphatic carbocycles. The van der Waals surface area contributed by atoms with Gasteiger partial charge in [0.15, 0.2) is 0 Å². The Morgan fingerprint density at radius 1 is 1.00 bits per heavy atom. The summed E-state index contributed by atoms with van der Waals surface area (Å²) in [6.45, 7) is 4.61. The minimum atomic E-state index is 1.24. The van der Waals surface area contributed by atoms with E-state index in [1.54, 1.807) is 0 Å². The molecule has 0 radical (unpaired) electrons. The fraction of sp³-hybridized carbons (Fsp3) is 0.455. The molecule has 0 atom stereocenters. The molecule has 1 nitrogen and oxygen atoms in total. The highest BCUT2D eigenvalue weighted by molar-refractivity contribution is 5.47. The Morgan fingerprint density at radius 2 is 1.58 bits per heavy atom. The molecule has 1 aliphatic heterocycles. The number of rotatable bonds is 1. The summed E-state index contributed by atoms with van der Waals surface area (Å²) in [6, 6.07) is 8.82. The van der Waals surface area contributed by atoms with Gasteiger partial charge in [-0.3, -0.25) is 0 Å². The van der Waals surface area contributed by atoms with Gasteiger partial charge < -0.3 is 4.90 Å². The Labute approximate surface area is 74.0 Å². The van der Waals surface area contributed by atoms with E-state index in [0.29, 0.717) is 0 Å². The largest absolute Gasteiger partial charge is 0.372 e. The van der Waals surface area contributed by atoms with Crippen LogP contribution in [0.15, 0.2) is 24.3 Å². The summed E-state index contributed by atoms with van der Waals surface area (Å²) in [5, 5.41) is 0. The fourth-order valence-electron chi connectivity index (χ4n) is 1.73. The molecule has 0 unspecified atom stereocenters. The first-order valence-electron chi connectivity index (χ1n) is 4.68. The van der Waals surface area contributed by atoms with Gasteiger partial charge in [0.25, 0.3) is 0 Å². The van der Waals surface area contributed by atoms with Gasteiger partial charge in [0.05, 0.1) is 0 Å². The lowest BCUT2D eigenvalue weighted by molar-refractivity contribution is 0.949. The van der Waals surface area contributed by atoms with E-state index in [9.17, 15) is 0 Å². The molecule has 1 fully saturated rings. The van der Waals surface area contributed by atoms with E-state index in [1.807, 2.05) is 0 Å². The highest BCUT2D eigenvalue weighted by Crippen LogP contribution is 2.19. The van der Waals surface area contributed by atoms with Gasteiger partial charge in [-0.15, -0.1) is 0 Å². The Bertz CT molecular complexity index is 244. The van der Waals surface area contributed by atoms with E-state index in [4.69, 9.17) is 0 Å². The monoisotopic (exact) mass is 161 g/mol. The molecular weight excluding hydrogens is 146 g/mol. The lowest BCUT2D eigenvalue weighted by atomic mass is 10.2. The molecule has 0 amide bonds. The zero-order valence-electron chi connectivity index (χ0n) is 7.59. The van der Waals surface area contributed by atoms with Crippen molar-refractivity contribution >= 4 is 5.69 Å². The van der Waals surface area contributed by atoms with Crippen molar-refractivity contribution in [3.63, 3.8) is 0 Å². The van der Waals surface area contributed by atoms with Crippen LogP contribution in [0.5, 0.6) is 0 Å². The number of anilines is 1. The molecule has 0 bridgehead atoms. The quantitative estimate of drug-likeness (QED) is 0.612. The zero-order chi connectivity index (χ0) is 8.39. The van der Waals surface area contributed by atoms with Crippen LogP contribution in [0.2, 0.25) is 0 Å². The highest BCUT2D eigenvalue weighted by Gasteiger charge is 2.10.